The smallest absolute Gasteiger partial charge is 0.321 e. The van der Waals surface area contributed by atoms with Crippen LogP contribution in [0.15, 0.2) is 72.9 Å². The molecule has 0 bridgehead atoms. The average Bonchev–Trinajstić information content (AvgIpc) is 3.46. The third kappa shape index (κ3) is 3.66. The van der Waals surface area contributed by atoms with Gasteiger partial charge in [0, 0.05) is 30.8 Å². The maximum absolute atomic E-state index is 13.9. The van der Waals surface area contributed by atoms with E-state index < -0.39 is 5.82 Å². The van der Waals surface area contributed by atoms with Crippen LogP contribution in [0, 0.1) is 5.82 Å². The zero-order chi connectivity index (χ0) is 22.1. The van der Waals surface area contributed by atoms with Crippen molar-refractivity contribution in [1.82, 2.24) is 14.3 Å². The van der Waals surface area contributed by atoms with Crippen LogP contribution in [0.1, 0.15) is 18.2 Å². The van der Waals surface area contributed by atoms with E-state index in [9.17, 15) is 9.18 Å². The van der Waals surface area contributed by atoms with E-state index in [0.29, 0.717) is 13.1 Å². The van der Waals surface area contributed by atoms with E-state index in [1.807, 2.05) is 48.7 Å². The zero-order valence-electron chi connectivity index (χ0n) is 17.7. The summed E-state index contributed by atoms with van der Waals surface area (Å²) in [5.41, 5.74) is 3.05. The molecule has 1 atom stereocenters. The minimum absolute atomic E-state index is 0.0793. The summed E-state index contributed by atoms with van der Waals surface area (Å²) in [6.07, 6.45) is 2.79. The first kappa shape index (κ1) is 20.1. The van der Waals surface area contributed by atoms with Crippen molar-refractivity contribution in [3.8, 4) is 17.0 Å². The summed E-state index contributed by atoms with van der Waals surface area (Å²) in [7, 11) is 1.65. The number of nitrogens with one attached hydrogen (secondary N) is 1. The third-order valence-corrected chi connectivity index (χ3v) is 5.87. The molecule has 2 aromatic heterocycles. The van der Waals surface area contributed by atoms with E-state index in [4.69, 9.17) is 9.72 Å². The van der Waals surface area contributed by atoms with E-state index in [2.05, 4.69) is 9.72 Å². The van der Waals surface area contributed by atoms with E-state index in [1.54, 1.807) is 30.2 Å². The molecule has 162 valence electrons. The first-order valence-electron chi connectivity index (χ1n) is 10.6. The van der Waals surface area contributed by atoms with Gasteiger partial charge in [-0.05, 0) is 42.8 Å². The maximum atomic E-state index is 13.9. The average molecular weight is 430 g/mol. The SMILES string of the molecule is COc1cccc(-c2nc([C@@H]3CCN(C(=O)Nc4ccccc4F)C3)n3ccccc23)c1. The minimum Gasteiger partial charge on any atom is -0.497 e. The Bertz CT molecular complexity index is 1290. The van der Waals surface area contributed by atoms with Gasteiger partial charge in [-0.2, -0.15) is 0 Å². The number of nitrogens with zero attached hydrogens (tertiary/aromatic N) is 3. The van der Waals surface area contributed by atoms with E-state index >= 15 is 0 Å². The molecule has 0 aliphatic carbocycles. The standard InChI is InChI=1S/C25H23FN4O2/c1-32-19-8-6-7-17(15-19)23-22-11-4-5-13-30(22)24(28-23)18-12-14-29(16-18)25(31)27-21-10-3-2-9-20(21)26/h2-11,13,15,18H,12,14,16H2,1H3,(H,27,31)/t18-/m1/s1. The summed E-state index contributed by atoms with van der Waals surface area (Å²) in [6, 6.07) is 19.8. The largest absolute Gasteiger partial charge is 0.497 e. The highest BCUT2D eigenvalue weighted by molar-refractivity contribution is 5.89. The summed E-state index contributed by atoms with van der Waals surface area (Å²) < 4.78 is 21.4. The zero-order valence-corrected chi connectivity index (χ0v) is 17.7. The Hall–Kier alpha value is -3.87. The molecule has 0 unspecified atom stereocenters. The molecule has 5 rings (SSSR count). The number of aromatic nitrogens is 2. The molecule has 1 fully saturated rings. The third-order valence-electron chi connectivity index (χ3n) is 5.87. The van der Waals surface area contributed by atoms with E-state index in [1.165, 1.54) is 6.07 Å². The minimum atomic E-state index is -0.446. The molecule has 2 aromatic carbocycles. The lowest BCUT2D eigenvalue weighted by atomic mass is 10.1. The number of anilines is 1. The van der Waals surface area contributed by atoms with Gasteiger partial charge in [-0.1, -0.05) is 30.3 Å². The number of carbonyl (C=O) groups is 1. The van der Waals surface area contributed by atoms with Gasteiger partial charge in [-0.15, -0.1) is 0 Å². The number of para-hydroxylation sites is 1. The Labute approximate surface area is 185 Å². The molecule has 0 saturated carbocycles. The van der Waals surface area contributed by atoms with Crippen molar-refractivity contribution in [1.29, 1.82) is 0 Å². The second kappa shape index (κ2) is 8.34. The van der Waals surface area contributed by atoms with Crippen molar-refractivity contribution >= 4 is 17.2 Å². The van der Waals surface area contributed by atoms with Crippen LogP contribution in [0.25, 0.3) is 16.8 Å². The van der Waals surface area contributed by atoms with Crippen molar-refractivity contribution in [2.75, 3.05) is 25.5 Å². The van der Waals surface area contributed by atoms with Crippen LogP contribution in [0.5, 0.6) is 5.75 Å². The van der Waals surface area contributed by atoms with Crippen molar-refractivity contribution in [2.45, 2.75) is 12.3 Å². The number of benzene rings is 2. The monoisotopic (exact) mass is 430 g/mol. The number of hydrogen-bond acceptors (Lipinski definition) is 3. The highest BCUT2D eigenvalue weighted by Crippen LogP contribution is 2.33. The topological polar surface area (TPSA) is 58.9 Å². The number of ether oxygens (including phenoxy) is 1. The molecule has 1 saturated heterocycles. The molecule has 6 nitrogen and oxygen atoms in total. The van der Waals surface area contributed by atoms with Crippen molar-refractivity contribution in [3.63, 3.8) is 0 Å². The number of hydrogen-bond donors (Lipinski definition) is 1. The first-order chi connectivity index (χ1) is 15.6. The highest BCUT2D eigenvalue weighted by atomic mass is 19.1. The predicted octanol–water partition coefficient (Wildman–Crippen LogP) is 5.17. The number of pyridine rings is 1. The molecular weight excluding hydrogens is 407 g/mol. The lowest BCUT2D eigenvalue weighted by molar-refractivity contribution is 0.222. The molecule has 3 heterocycles. The molecule has 4 aromatic rings. The highest BCUT2D eigenvalue weighted by Gasteiger charge is 2.31. The van der Waals surface area contributed by atoms with Gasteiger partial charge in [-0.3, -0.25) is 0 Å². The Morgan fingerprint density at radius 1 is 1.12 bits per heavy atom. The number of imidazole rings is 1. The van der Waals surface area contributed by atoms with Crippen LogP contribution in [-0.2, 0) is 0 Å². The van der Waals surface area contributed by atoms with Gasteiger partial charge in [0.1, 0.15) is 17.4 Å². The van der Waals surface area contributed by atoms with Gasteiger partial charge in [0.15, 0.2) is 0 Å². The number of halogens is 1. The van der Waals surface area contributed by atoms with E-state index in [-0.39, 0.29) is 17.6 Å². The second-order valence-electron chi connectivity index (χ2n) is 7.85. The van der Waals surface area contributed by atoms with Gasteiger partial charge in [-0.25, -0.2) is 14.2 Å². The van der Waals surface area contributed by atoms with Crippen LogP contribution in [0.3, 0.4) is 0 Å². The molecule has 0 spiro atoms. The lowest BCUT2D eigenvalue weighted by Gasteiger charge is -2.17. The quantitative estimate of drug-likeness (QED) is 0.486. The Morgan fingerprint density at radius 3 is 2.81 bits per heavy atom. The summed E-state index contributed by atoms with van der Waals surface area (Å²) in [5.74, 6) is 1.33. The number of urea groups is 1. The molecule has 2 amide bonds. The van der Waals surface area contributed by atoms with Gasteiger partial charge in [0.25, 0.3) is 0 Å². The fourth-order valence-corrected chi connectivity index (χ4v) is 4.24. The fourth-order valence-electron chi connectivity index (χ4n) is 4.24. The predicted molar refractivity (Wildman–Crippen MR) is 122 cm³/mol. The normalized spacial score (nSPS) is 15.8. The van der Waals surface area contributed by atoms with Gasteiger partial charge < -0.3 is 19.4 Å². The van der Waals surface area contributed by atoms with Crippen LogP contribution in [-0.4, -0.2) is 40.5 Å². The van der Waals surface area contributed by atoms with Crippen LogP contribution in [0.2, 0.25) is 0 Å². The van der Waals surface area contributed by atoms with Crippen molar-refractivity contribution in [2.24, 2.45) is 0 Å². The molecule has 1 aliphatic heterocycles. The molecule has 0 radical (unpaired) electrons. The Kier molecular flexibility index (Phi) is 5.23. The second-order valence-corrected chi connectivity index (χ2v) is 7.85. The molecule has 7 heteroatoms. The fraction of sp³-hybridized carbons (Fsp3) is 0.200. The van der Waals surface area contributed by atoms with Gasteiger partial charge in [0.05, 0.1) is 24.0 Å². The van der Waals surface area contributed by atoms with Crippen LogP contribution in [0.4, 0.5) is 14.9 Å². The lowest BCUT2D eigenvalue weighted by Crippen LogP contribution is -2.33. The van der Waals surface area contributed by atoms with Crippen LogP contribution < -0.4 is 10.1 Å². The number of fused-ring (bicyclic) bond motifs is 1. The van der Waals surface area contributed by atoms with Crippen LogP contribution >= 0.6 is 0 Å². The summed E-state index contributed by atoms with van der Waals surface area (Å²) in [4.78, 5) is 19.4. The number of methoxy groups -OCH3 is 1. The molecule has 32 heavy (non-hydrogen) atoms. The molecule has 1 N–H and O–H groups in total. The summed E-state index contributed by atoms with van der Waals surface area (Å²) >= 11 is 0. The number of amides is 2. The van der Waals surface area contributed by atoms with Gasteiger partial charge in [0.2, 0.25) is 0 Å². The summed E-state index contributed by atoms with van der Waals surface area (Å²) in [6.45, 7) is 1.10. The molecule has 1 aliphatic rings. The summed E-state index contributed by atoms with van der Waals surface area (Å²) in [5, 5.41) is 2.68. The van der Waals surface area contributed by atoms with Gasteiger partial charge >= 0.3 is 6.03 Å². The number of rotatable bonds is 4. The Morgan fingerprint density at radius 2 is 1.97 bits per heavy atom. The maximum Gasteiger partial charge on any atom is 0.321 e. The number of carbonyl (C=O) groups excluding carboxylic acids is 1. The number of likely N-dealkylation sites (tertiary alicyclic amines) is 1. The molecular formula is C25H23FN4O2. The van der Waals surface area contributed by atoms with Crippen molar-refractivity contribution < 1.29 is 13.9 Å². The Balaban J connectivity index is 1.42. The van der Waals surface area contributed by atoms with Crippen molar-refractivity contribution in [3.05, 3.63) is 84.6 Å². The van der Waals surface area contributed by atoms with E-state index in [0.717, 1.165) is 34.8 Å². The first-order valence-corrected chi connectivity index (χ1v) is 10.6.